The normalized spacial score (nSPS) is 13.1. The van der Waals surface area contributed by atoms with Crippen molar-refractivity contribution in [2.75, 3.05) is 13.1 Å². The molecular formula is C18H20N4O3S. The molecule has 8 heteroatoms. The highest BCUT2D eigenvalue weighted by Crippen LogP contribution is 2.40. The molecule has 1 unspecified atom stereocenters. The number of aryl methyl sites for hydroxylation is 1. The van der Waals surface area contributed by atoms with Gasteiger partial charge >= 0.3 is 0 Å². The minimum atomic E-state index is -0.181. The van der Waals surface area contributed by atoms with Crippen molar-refractivity contribution in [2.45, 2.75) is 26.8 Å². The lowest BCUT2D eigenvalue weighted by molar-refractivity contribution is 0.220. The molecular weight excluding hydrogens is 352 g/mol. The number of aromatic hydroxyl groups is 1. The SMILES string of the molecule is CCN(CC)C(c1ccc(C)o1)c1sc2nc(-c3ccco3)nn2c1O. The Labute approximate surface area is 154 Å². The third-order valence-corrected chi connectivity index (χ3v) is 5.47. The second-order valence-corrected chi connectivity index (χ2v) is 6.98. The fraction of sp³-hybridized carbons (Fsp3) is 0.333. The minimum Gasteiger partial charge on any atom is -0.492 e. The summed E-state index contributed by atoms with van der Waals surface area (Å²) in [5, 5.41) is 15.2. The predicted molar refractivity (Wildman–Crippen MR) is 98.4 cm³/mol. The van der Waals surface area contributed by atoms with E-state index in [-0.39, 0.29) is 11.9 Å². The lowest BCUT2D eigenvalue weighted by atomic mass is 10.1. The lowest BCUT2D eigenvalue weighted by Gasteiger charge is -2.27. The quantitative estimate of drug-likeness (QED) is 0.549. The molecule has 0 fully saturated rings. The molecule has 0 saturated carbocycles. The number of thiazole rings is 1. The highest BCUT2D eigenvalue weighted by Gasteiger charge is 2.30. The van der Waals surface area contributed by atoms with Crippen molar-refractivity contribution in [3.63, 3.8) is 0 Å². The molecule has 0 amide bonds. The lowest BCUT2D eigenvalue weighted by Crippen LogP contribution is -2.28. The van der Waals surface area contributed by atoms with Gasteiger partial charge in [-0.1, -0.05) is 25.2 Å². The van der Waals surface area contributed by atoms with Gasteiger partial charge in [-0.15, -0.1) is 5.10 Å². The Bertz CT molecular complexity index is 1010. The highest BCUT2D eigenvalue weighted by molar-refractivity contribution is 7.17. The Morgan fingerprint density at radius 2 is 2.08 bits per heavy atom. The molecule has 7 nitrogen and oxygen atoms in total. The Kier molecular flexibility index (Phi) is 4.29. The van der Waals surface area contributed by atoms with Gasteiger partial charge < -0.3 is 13.9 Å². The van der Waals surface area contributed by atoms with Crippen molar-refractivity contribution >= 4 is 16.3 Å². The molecule has 0 spiro atoms. The van der Waals surface area contributed by atoms with Crippen LogP contribution < -0.4 is 0 Å². The number of rotatable bonds is 6. The van der Waals surface area contributed by atoms with Gasteiger partial charge in [0.05, 0.1) is 11.1 Å². The molecule has 4 aromatic heterocycles. The van der Waals surface area contributed by atoms with Crippen LogP contribution in [0.3, 0.4) is 0 Å². The fourth-order valence-electron chi connectivity index (χ4n) is 3.10. The molecule has 1 atom stereocenters. The summed E-state index contributed by atoms with van der Waals surface area (Å²) < 4.78 is 12.7. The first-order chi connectivity index (χ1) is 12.6. The molecule has 0 aliphatic heterocycles. The van der Waals surface area contributed by atoms with Gasteiger partial charge in [-0.05, 0) is 44.3 Å². The van der Waals surface area contributed by atoms with Crippen molar-refractivity contribution in [1.29, 1.82) is 0 Å². The van der Waals surface area contributed by atoms with Crippen LogP contribution in [0.15, 0.2) is 39.4 Å². The molecule has 136 valence electrons. The summed E-state index contributed by atoms with van der Waals surface area (Å²) in [5.74, 6) is 2.76. The summed E-state index contributed by atoms with van der Waals surface area (Å²) in [6.07, 6.45) is 1.57. The van der Waals surface area contributed by atoms with Gasteiger partial charge in [0, 0.05) is 0 Å². The third-order valence-electron chi connectivity index (χ3n) is 4.40. The van der Waals surface area contributed by atoms with Crippen LogP contribution in [0, 0.1) is 6.92 Å². The maximum Gasteiger partial charge on any atom is 0.230 e. The smallest absolute Gasteiger partial charge is 0.230 e. The zero-order valence-electron chi connectivity index (χ0n) is 14.8. The van der Waals surface area contributed by atoms with E-state index in [1.807, 2.05) is 19.1 Å². The van der Waals surface area contributed by atoms with E-state index in [2.05, 4.69) is 28.8 Å². The van der Waals surface area contributed by atoms with Gasteiger partial charge in [0.2, 0.25) is 16.7 Å². The van der Waals surface area contributed by atoms with Crippen LogP contribution in [-0.2, 0) is 0 Å². The van der Waals surface area contributed by atoms with Crippen LogP contribution in [-0.4, -0.2) is 37.7 Å². The molecule has 0 aliphatic carbocycles. The second-order valence-electron chi connectivity index (χ2n) is 5.97. The zero-order valence-corrected chi connectivity index (χ0v) is 15.7. The van der Waals surface area contributed by atoms with E-state index >= 15 is 0 Å². The van der Waals surface area contributed by atoms with E-state index in [1.54, 1.807) is 18.4 Å². The zero-order chi connectivity index (χ0) is 18.3. The summed E-state index contributed by atoms with van der Waals surface area (Å²) in [6.45, 7) is 7.75. The molecule has 26 heavy (non-hydrogen) atoms. The third kappa shape index (κ3) is 2.71. The first kappa shape index (κ1) is 16.9. The van der Waals surface area contributed by atoms with Crippen molar-refractivity contribution in [3.8, 4) is 17.5 Å². The largest absolute Gasteiger partial charge is 0.492 e. The summed E-state index contributed by atoms with van der Waals surface area (Å²) in [7, 11) is 0. The number of aromatic nitrogens is 3. The maximum atomic E-state index is 10.9. The topological polar surface area (TPSA) is 79.9 Å². The second kappa shape index (κ2) is 6.62. The average Bonchev–Trinajstić information content (AvgIpc) is 3.39. The van der Waals surface area contributed by atoms with Crippen LogP contribution in [0.4, 0.5) is 0 Å². The maximum absolute atomic E-state index is 10.9. The standard InChI is InChI=1S/C18H20N4O3S/c1-4-21(5-2)14(12-9-8-11(3)25-12)15-17(23)22-18(26-15)19-16(20-22)13-7-6-10-24-13/h6-10,14,23H,4-5H2,1-3H3. The summed E-state index contributed by atoms with van der Waals surface area (Å²) in [4.78, 5) is 8.11. The van der Waals surface area contributed by atoms with Crippen LogP contribution in [0.25, 0.3) is 16.5 Å². The fourth-order valence-corrected chi connectivity index (χ4v) is 4.20. The van der Waals surface area contributed by atoms with Gasteiger partial charge in [-0.3, -0.25) is 4.90 Å². The van der Waals surface area contributed by atoms with Crippen LogP contribution in [0.5, 0.6) is 5.88 Å². The van der Waals surface area contributed by atoms with E-state index in [1.165, 1.54) is 15.9 Å². The molecule has 0 bridgehead atoms. The van der Waals surface area contributed by atoms with Crippen LogP contribution in [0.2, 0.25) is 0 Å². The summed E-state index contributed by atoms with van der Waals surface area (Å²) in [5.41, 5.74) is 0. The van der Waals surface area contributed by atoms with Crippen molar-refractivity contribution in [2.24, 2.45) is 0 Å². The Morgan fingerprint density at radius 3 is 2.65 bits per heavy atom. The highest BCUT2D eigenvalue weighted by atomic mass is 32.1. The van der Waals surface area contributed by atoms with E-state index in [0.29, 0.717) is 16.5 Å². The summed E-state index contributed by atoms with van der Waals surface area (Å²) in [6, 6.07) is 7.29. The van der Waals surface area contributed by atoms with E-state index < -0.39 is 0 Å². The first-order valence-electron chi connectivity index (χ1n) is 8.55. The number of fused-ring (bicyclic) bond motifs is 1. The van der Waals surface area contributed by atoms with Crippen LogP contribution >= 0.6 is 11.3 Å². The number of hydrogen-bond donors (Lipinski definition) is 1. The summed E-state index contributed by atoms with van der Waals surface area (Å²) >= 11 is 1.41. The predicted octanol–water partition coefficient (Wildman–Crippen LogP) is 4.09. The van der Waals surface area contributed by atoms with Gasteiger partial charge in [-0.25, -0.2) is 0 Å². The van der Waals surface area contributed by atoms with Crippen molar-refractivity contribution < 1.29 is 13.9 Å². The molecule has 0 aromatic carbocycles. The van der Waals surface area contributed by atoms with Gasteiger partial charge in [0.1, 0.15) is 17.6 Å². The van der Waals surface area contributed by atoms with Crippen LogP contribution in [0.1, 0.15) is 36.3 Å². The number of furan rings is 2. The molecule has 1 N–H and O–H groups in total. The first-order valence-corrected chi connectivity index (χ1v) is 9.36. The molecule has 0 saturated heterocycles. The molecule has 0 aliphatic rings. The number of nitrogens with zero attached hydrogens (tertiary/aromatic N) is 4. The Morgan fingerprint density at radius 1 is 1.27 bits per heavy atom. The molecule has 4 rings (SSSR count). The van der Waals surface area contributed by atoms with Gasteiger partial charge in [0.25, 0.3) is 0 Å². The molecule has 4 heterocycles. The Hall–Kier alpha value is -2.58. The molecule has 4 aromatic rings. The van der Waals surface area contributed by atoms with Crippen molar-refractivity contribution in [3.05, 3.63) is 46.9 Å². The number of hydrogen-bond acceptors (Lipinski definition) is 7. The van der Waals surface area contributed by atoms with Gasteiger partial charge in [-0.2, -0.15) is 9.50 Å². The molecule has 0 radical (unpaired) electrons. The Balaban J connectivity index is 1.81. The van der Waals surface area contributed by atoms with Crippen molar-refractivity contribution in [1.82, 2.24) is 19.5 Å². The van der Waals surface area contributed by atoms with E-state index in [9.17, 15) is 5.11 Å². The minimum absolute atomic E-state index is 0.0845. The van der Waals surface area contributed by atoms with Gasteiger partial charge in [0.15, 0.2) is 5.76 Å². The average molecular weight is 372 g/mol. The monoisotopic (exact) mass is 372 g/mol. The van der Waals surface area contributed by atoms with E-state index in [0.717, 1.165) is 29.5 Å². The van der Waals surface area contributed by atoms with E-state index in [4.69, 9.17) is 8.83 Å².